The highest BCUT2D eigenvalue weighted by atomic mass is 15.6. The lowest BCUT2D eigenvalue weighted by molar-refractivity contribution is 0.261. The molecule has 1 saturated heterocycles. The smallest absolute Gasteiger partial charge is 0.171 e. The molecule has 1 fully saturated rings. The molecule has 0 radical (unpaired) electrons. The standard InChI is InChI=1S/C18H21N5/c1-13-20-22-23(21-13)18(17-7-4-10-19-12-17)16-9-8-14-5-2-3-6-15(14)11-16/h2-3,5-6,8-9,11,17-19H,4,7,10,12H2,1H3/t17-,18+/m1/s1. The van der Waals surface area contributed by atoms with Gasteiger partial charge in [-0.25, -0.2) is 0 Å². The molecule has 2 atom stereocenters. The Morgan fingerprint density at radius 2 is 2.04 bits per heavy atom. The molecule has 3 aromatic rings. The summed E-state index contributed by atoms with van der Waals surface area (Å²) in [5, 5.41) is 18.9. The average Bonchev–Trinajstić information content (AvgIpc) is 3.02. The van der Waals surface area contributed by atoms with Gasteiger partial charge in [-0.2, -0.15) is 4.80 Å². The van der Waals surface area contributed by atoms with Gasteiger partial charge >= 0.3 is 0 Å². The Bertz CT molecular complexity index is 804. The Balaban J connectivity index is 1.78. The molecule has 0 bridgehead atoms. The van der Waals surface area contributed by atoms with Crippen LogP contribution in [0.4, 0.5) is 0 Å². The van der Waals surface area contributed by atoms with Gasteiger partial charge in [0.1, 0.15) is 6.04 Å². The van der Waals surface area contributed by atoms with Crippen LogP contribution >= 0.6 is 0 Å². The van der Waals surface area contributed by atoms with Gasteiger partial charge in [-0.05, 0) is 59.8 Å². The maximum Gasteiger partial charge on any atom is 0.171 e. The van der Waals surface area contributed by atoms with Gasteiger partial charge in [0, 0.05) is 6.54 Å². The van der Waals surface area contributed by atoms with Crippen molar-refractivity contribution in [3.63, 3.8) is 0 Å². The molecule has 1 aliphatic rings. The second kappa shape index (κ2) is 6.08. The van der Waals surface area contributed by atoms with Crippen molar-refractivity contribution < 1.29 is 0 Å². The van der Waals surface area contributed by atoms with Crippen LogP contribution in [0.1, 0.15) is 30.3 Å². The van der Waals surface area contributed by atoms with E-state index in [-0.39, 0.29) is 6.04 Å². The predicted octanol–water partition coefficient (Wildman–Crippen LogP) is 2.72. The lowest BCUT2D eigenvalue weighted by atomic mass is 9.87. The molecular formula is C18H21N5. The van der Waals surface area contributed by atoms with Gasteiger partial charge in [0.05, 0.1) is 0 Å². The quantitative estimate of drug-likeness (QED) is 0.808. The van der Waals surface area contributed by atoms with Crippen molar-refractivity contribution in [3.8, 4) is 0 Å². The van der Waals surface area contributed by atoms with E-state index in [1.807, 2.05) is 6.92 Å². The first-order chi connectivity index (χ1) is 11.3. The van der Waals surface area contributed by atoms with Crippen molar-refractivity contribution in [2.75, 3.05) is 13.1 Å². The molecule has 1 aliphatic heterocycles. The number of aromatic nitrogens is 4. The van der Waals surface area contributed by atoms with Crippen LogP contribution in [-0.4, -0.2) is 33.3 Å². The number of rotatable bonds is 3. The van der Waals surface area contributed by atoms with Crippen molar-refractivity contribution in [2.45, 2.75) is 25.8 Å². The number of nitrogens with one attached hydrogen (secondary N) is 1. The summed E-state index contributed by atoms with van der Waals surface area (Å²) in [6.07, 6.45) is 2.38. The fraction of sp³-hybridized carbons (Fsp3) is 0.389. The normalized spacial score (nSPS) is 19.8. The number of tetrazole rings is 1. The molecule has 0 saturated carbocycles. The lowest BCUT2D eigenvalue weighted by Crippen LogP contribution is -2.36. The number of hydrogen-bond acceptors (Lipinski definition) is 4. The number of benzene rings is 2. The van der Waals surface area contributed by atoms with Gasteiger partial charge < -0.3 is 5.32 Å². The number of fused-ring (bicyclic) bond motifs is 1. The molecule has 118 valence electrons. The van der Waals surface area contributed by atoms with E-state index >= 15 is 0 Å². The summed E-state index contributed by atoms with van der Waals surface area (Å²) >= 11 is 0. The van der Waals surface area contributed by atoms with Crippen LogP contribution in [0.15, 0.2) is 42.5 Å². The van der Waals surface area contributed by atoms with Crippen LogP contribution in [0.3, 0.4) is 0 Å². The van der Waals surface area contributed by atoms with Gasteiger partial charge in [0.15, 0.2) is 5.82 Å². The Hall–Kier alpha value is -2.27. The van der Waals surface area contributed by atoms with Crippen molar-refractivity contribution in [2.24, 2.45) is 5.92 Å². The van der Waals surface area contributed by atoms with Gasteiger partial charge in [-0.15, -0.1) is 10.2 Å². The first-order valence-electron chi connectivity index (χ1n) is 8.27. The second-order valence-corrected chi connectivity index (χ2v) is 6.31. The SMILES string of the molecule is Cc1nnn([C@@H](c2ccc3ccccc3c2)[C@@H]2CCCNC2)n1. The maximum atomic E-state index is 4.51. The van der Waals surface area contributed by atoms with Crippen LogP contribution < -0.4 is 5.32 Å². The van der Waals surface area contributed by atoms with Crippen LogP contribution in [0, 0.1) is 12.8 Å². The highest BCUT2D eigenvalue weighted by Crippen LogP contribution is 2.31. The molecule has 2 aromatic carbocycles. The summed E-state index contributed by atoms with van der Waals surface area (Å²) in [6.45, 7) is 3.99. The van der Waals surface area contributed by atoms with E-state index < -0.39 is 0 Å². The molecule has 4 rings (SSSR count). The molecular weight excluding hydrogens is 286 g/mol. The van der Waals surface area contributed by atoms with E-state index in [9.17, 15) is 0 Å². The fourth-order valence-electron chi connectivity index (χ4n) is 3.55. The largest absolute Gasteiger partial charge is 0.316 e. The number of nitrogens with zero attached hydrogens (tertiary/aromatic N) is 4. The number of aryl methyl sites for hydroxylation is 1. The summed E-state index contributed by atoms with van der Waals surface area (Å²) in [5.41, 5.74) is 1.26. The third-order valence-electron chi connectivity index (χ3n) is 4.67. The predicted molar refractivity (Wildman–Crippen MR) is 90.2 cm³/mol. The molecule has 0 spiro atoms. The van der Waals surface area contributed by atoms with E-state index in [0.29, 0.717) is 5.92 Å². The Labute approximate surface area is 135 Å². The van der Waals surface area contributed by atoms with Crippen molar-refractivity contribution in [1.82, 2.24) is 25.5 Å². The Morgan fingerprint density at radius 3 is 2.78 bits per heavy atom. The van der Waals surface area contributed by atoms with E-state index in [2.05, 4.69) is 63.2 Å². The van der Waals surface area contributed by atoms with Crippen molar-refractivity contribution in [3.05, 3.63) is 53.9 Å². The maximum absolute atomic E-state index is 4.51. The molecule has 5 nitrogen and oxygen atoms in total. The first kappa shape index (κ1) is 14.3. The van der Waals surface area contributed by atoms with E-state index in [1.54, 1.807) is 4.80 Å². The third kappa shape index (κ3) is 2.84. The second-order valence-electron chi connectivity index (χ2n) is 6.31. The van der Waals surface area contributed by atoms with Gasteiger partial charge in [-0.3, -0.25) is 0 Å². The number of piperidine rings is 1. The van der Waals surface area contributed by atoms with E-state index in [0.717, 1.165) is 18.9 Å². The van der Waals surface area contributed by atoms with Gasteiger partial charge in [0.2, 0.25) is 0 Å². The summed E-state index contributed by atoms with van der Waals surface area (Å²) in [5.74, 6) is 1.21. The zero-order valence-corrected chi connectivity index (χ0v) is 13.3. The number of hydrogen-bond donors (Lipinski definition) is 1. The van der Waals surface area contributed by atoms with E-state index in [4.69, 9.17) is 0 Å². The Kier molecular flexibility index (Phi) is 3.79. The zero-order chi connectivity index (χ0) is 15.6. The zero-order valence-electron chi connectivity index (χ0n) is 13.3. The van der Waals surface area contributed by atoms with Crippen LogP contribution in [0.25, 0.3) is 10.8 Å². The molecule has 5 heteroatoms. The molecule has 0 aliphatic carbocycles. The summed E-state index contributed by atoms with van der Waals surface area (Å²) in [4.78, 5) is 1.80. The lowest BCUT2D eigenvalue weighted by Gasteiger charge is -2.30. The topological polar surface area (TPSA) is 55.6 Å². The fourth-order valence-corrected chi connectivity index (χ4v) is 3.55. The molecule has 23 heavy (non-hydrogen) atoms. The highest BCUT2D eigenvalue weighted by molar-refractivity contribution is 5.83. The third-order valence-corrected chi connectivity index (χ3v) is 4.67. The summed E-state index contributed by atoms with van der Waals surface area (Å²) in [6, 6.07) is 15.3. The minimum atomic E-state index is 0.133. The minimum absolute atomic E-state index is 0.133. The molecule has 1 N–H and O–H groups in total. The minimum Gasteiger partial charge on any atom is -0.316 e. The van der Waals surface area contributed by atoms with Crippen LogP contribution in [0.5, 0.6) is 0 Å². The van der Waals surface area contributed by atoms with Crippen molar-refractivity contribution >= 4 is 10.8 Å². The van der Waals surface area contributed by atoms with Crippen LogP contribution in [0.2, 0.25) is 0 Å². The first-order valence-corrected chi connectivity index (χ1v) is 8.27. The van der Waals surface area contributed by atoms with Crippen molar-refractivity contribution in [1.29, 1.82) is 0 Å². The summed E-state index contributed by atoms with van der Waals surface area (Å²) < 4.78 is 0. The molecule has 0 amide bonds. The highest BCUT2D eigenvalue weighted by Gasteiger charge is 2.28. The molecule has 1 aromatic heterocycles. The average molecular weight is 307 g/mol. The molecule has 0 unspecified atom stereocenters. The molecule has 2 heterocycles. The van der Waals surface area contributed by atoms with Gasteiger partial charge in [-0.1, -0.05) is 36.4 Å². The van der Waals surface area contributed by atoms with Crippen LogP contribution in [-0.2, 0) is 0 Å². The monoisotopic (exact) mass is 307 g/mol. The van der Waals surface area contributed by atoms with E-state index in [1.165, 1.54) is 29.2 Å². The summed E-state index contributed by atoms with van der Waals surface area (Å²) in [7, 11) is 0. The van der Waals surface area contributed by atoms with Gasteiger partial charge in [0.25, 0.3) is 0 Å². The Morgan fingerprint density at radius 1 is 1.17 bits per heavy atom.